The Bertz CT molecular complexity index is 3440. The van der Waals surface area contributed by atoms with Crippen molar-refractivity contribution in [1.82, 2.24) is 10.6 Å². The number of carbonyl (C=O) groups is 5. The second-order valence-corrected chi connectivity index (χ2v) is 41.3. The van der Waals surface area contributed by atoms with Crippen LogP contribution < -0.4 is 10.6 Å². The van der Waals surface area contributed by atoms with E-state index < -0.39 is 190 Å². The Kier molecular flexibility index (Phi) is 42.0. The minimum Gasteiger partial charge on any atom is -0.459 e. The van der Waals surface area contributed by atoms with Crippen LogP contribution in [-0.4, -0.2) is 261 Å². The van der Waals surface area contributed by atoms with Gasteiger partial charge in [0, 0.05) is 113 Å². The van der Waals surface area contributed by atoms with Gasteiger partial charge in [0.2, 0.25) is 0 Å². The van der Waals surface area contributed by atoms with Crippen LogP contribution in [0.3, 0.4) is 0 Å². The van der Waals surface area contributed by atoms with Crippen molar-refractivity contribution in [3.05, 3.63) is 0 Å². The first-order valence-electron chi connectivity index (χ1n) is 46.0. The molecule has 6 aliphatic rings. The van der Waals surface area contributed by atoms with Gasteiger partial charge in [0.15, 0.2) is 6.29 Å². The SMILES string of the molecule is CC[C@H]1OC(=O)[C@H](C)C(=O)[C@H](C)[C@@H](C(C)(C)C)[C@](C)(OC)C[C@@H](C)C(=NOC2CCCNC2)[C@H](C)[C@@H](O)[C@]1(C)O.CC[C@H]1OC(=O)[C@H](C)C(=O)[C@H](C)[C@@H](C(C)(C)C)[C@](C)(OC)C[C@@H](C)C(=NOC2CCNC2)[C@H](C)[C@@H](O)[C@]1(C)O.CC[C@H]1OC(=O)[C@H](C)[C@@H](O[C@H]2C[C@@](C)(OC)[C@@H](O)[C@H](C)O2)[C@H](C)[C@@H](C)[C@](C)(O)C[C@@H](C)C(=NOCCCF)[C@H](C)[C@@H](O)[C@]1(C)O. The quantitative estimate of drug-likeness (QED) is 0.0226. The van der Waals surface area contributed by atoms with Gasteiger partial charge in [-0.05, 0) is 163 Å². The monoisotopic (exact) mass is 1770 g/mol. The first kappa shape index (κ1) is 112. The first-order valence-corrected chi connectivity index (χ1v) is 46.0. The number of methoxy groups -OCH3 is 3. The van der Waals surface area contributed by atoms with Gasteiger partial charge in [-0.25, -0.2) is 0 Å². The van der Waals surface area contributed by atoms with Gasteiger partial charge in [0.25, 0.3) is 0 Å². The fraction of sp³-hybridized carbons (Fsp3) is 0.915. The zero-order chi connectivity index (χ0) is 95.0. The number of halogens is 1. The van der Waals surface area contributed by atoms with E-state index in [0.29, 0.717) is 43.1 Å². The lowest BCUT2D eigenvalue weighted by atomic mass is 9.61. The predicted octanol–water partition coefficient (Wildman–Crippen LogP) is 11.6. The van der Waals surface area contributed by atoms with Gasteiger partial charge in [-0.15, -0.1) is 0 Å². The maximum Gasteiger partial charge on any atom is 0.316 e. The number of aliphatic hydroxyl groups is 8. The minimum absolute atomic E-state index is 0.0306. The largest absolute Gasteiger partial charge is 0.459 e. The van der Waals surface area contributed by atoms with Gasteiger partial charge >= 0.3 is 17.9 Å². The van der Waals surface area contributed by atoms with Crippen molar-refractivity contribution in [3.63, 3.8) is 0 Å². The van der Waals surface area contributed by atoms with E-state index >= 15 is 0 Å². The third-order valence-corrected chi connectivity index (χ3v) is 29.0. The number of hydrogen-bond donors (Lipinski definition) is 10. The van der Waals surface area contributed by atoms with Crippen molar-refractivity contribution in [3.8, 4) is 0 Å². The summed E-state index contributed by atoms with van der Waals surface area (Å²) in [5.41, 5.74) is -8.42. The molecule has 6 fully saturated rings. The molecule has 0 radical (unpaired) electrons. The van der Waals surface area contributed by atoms with Gasteiger partial charge < -0.3 is 104 Å². The zero-order valence-electron chi connectivity index (χ0n) is 81.9. The van der Waals surface area contributed by atoms with Crippen molar-refractivity contribution in [2.45, 2.75) is 391 Å². The normalized spacial score (nSPS) is 44.1. The number of Topliss-reactive ketones (excluding diaryl/α,β-unsaturated/α-hetero) is 2. The number of oxime groups is 3. The predicted molar refractivity (Wildman–Crippen MR) is 474 cm³/mol. The molecule has 0 amide bonds. The molecular weight excluding hydrogens is 1600 g/mol. The summed E-state index contributed by atoms with van der Waals surface area (Å²) in [4.78, 5) is 85.1. The number of alkyl halides is 1. The van der Waals surface area contributed by atoms with Crippen LogP contribution in [0.2, 0.25) is 0 Å². The summed E-state index contributed by atoms with van der Waals surface area (Å²) in [5, 5.41) is 112. The van der Waals surface area contributed by atoms with E-state index in [1.54, 1.807) is 83.5 Å². The molecule has 0 spiro atoms. The lowest BCUT2D eigenvalue weighted by molar-refractivity contribution is -0.298. The number of ketones is 2. The van der Waals surface area contributed by atoms with Crippen LogP contribution in [-0.2, 0) is 76.4 Å². The number of aliphatic hydroxyl groups excluding tert-OH is 4. The van der Waals surface area contributed by atoms with Crippen molar-refractivity contribution in [2.24, 2.45) is 115 Å². The number of nitrogens with zero attached hydrogens (tertiary/aromatic N) is 3. The summed E-state index contributed by atoms with van der Waals surface area (Å²) in [6.07, 6.45) is -5.56. The van der Waals surface area contributed by atoms with Gasteiger partial charge in [-0.2, -0.15) is 0 Å². The summed E-state index contributed by atoms with van der Waals surface area (Å²) < 4.78 is 60.8. The molecule has 0 bridgehead atoms. The number of carbonyl (C=O) groups excluding carboxylic acids is 5. The van der Waals surface area contributed by atoms with E-state index in [9.17, 15) is 69.2 Å². The van der Waals surface area contributed by atoms with Crippen molar-refractivity contribution in [2.75, 3.05) is 60.8 Å². The molecule has 6 saturated heterocycles. The second kappa shape index (κ2) is 46.5. The van der Waals surface area contributed by atoms with Crippen LogP contribution in [0.4, 0.5) is 4.39 Å². The van der Waals surface area contributed by atoms with E-state index in [-0.39, 0.29) is 103 Å². The Labute approximate surface area is 742 Å². The fourth-order valence-electron chi connectivity index (χ4n) is 21.4. The molecular formula is C94H170FN5O24. The summed E-state index contributed by atoms with van der Waals surface area (Å²) in [5.74, 6) is -10.7. The first-order chi connectivity index (χ1) is 57.1. The Morgan fingerprint density at radius 3 is 1.19 bits per heavy atom. The Hall–Kier alpha value is -4.51. The molecule has 2 unspecified atom stereocenters. The highest BCUT2D eigenvalue weighted by Gasteiger charge is 2.57. The van der Waals surface area contributed by atoms with Gasteiger partial charge in [-0.3, -0.25) is 28.4 Å². The van der Waals surface area contributed by atoms with Crippen LogP contribution in [0.1, 0.15) is 278 Å². The molecule has 0 aromatic carbocycles. The number of esters is 3. The molecule has 10 N–H and O–H groups in total. The van der Waals surface area contributed by atoms with Crippen LogP contribution >= 0.6 is 0 Å². The molecule has 0 saturated carbocycles. The number of cyclic esters (lactones) is 3. The molecule has 0 aromatic rings. The molecule has 722 valence electrons. The fourth-order valence-corrected chi connectivity index (χ4v) is 21.4. The Morgan fingerprint density at radius 2 is 0.847 bits per heavy atom. The highest BCUT2D eigenvalue weighted by molar-refractivity contribution is 6.01. The minimum atomic E-state index is -1.89. The van der Waals surface area contributed by atoms with Gasteiger partial charge in [-0.1, -0.05) is 147 Å². The van der Waals surface area contributed by atoms with E-state index in [1.807, 2.05) is 76.2 Å². The molecule has 29 nitrogen and oxygen atoms in total. The van der Waals surface area contributed by atoms with E-state index in [1.165, 1.54) is 27.9 Å². The molecule has 34 atom stereocenters. The third kappa shape index (κ3) is 27.3. The lowest BCUT2D eigenvalue weighted by Crippen LogP contribution is -2.58. The van der Waals surface area contributed by atoms with Crippen molar-refractivity contribution < 1.29 is 122 Å². The summed E-state index contributed by atoms with van der Waals surface area (Å²) in [6, 6.07) is 0. The number of piperidine rings is 1. The average molecular weight is 1770 g/mol. The Balaban J connectivity index is 0.000000391. The number of hydrogen-bond acceptors (Lipinski definition) is 29. The highest BCUT2D eigenvalue weighted by atomic mass is 19.1. The van der Waals surface area contributed by atoms with E-state index in [4.69, 9.17) is 52.4 Å². The van der Waals surface area contributed by atoms with Crippen LogP contribution in [0.5, 0.6) is 0 Å². The average Bonchev–Trinajstić information content (AvgIpc) is 0.806. The van der Waals surface area contributed by atoms with Crippen molar-refractivity contribution >= 4 is 46.6 Å². The van der Waals surface area contributed by atoms with Crippen molar-refractivity contribution in [1.29, 1.82) is 0 Å². The molecule has 0 aromatic heterocycles. The topological polar surface area (TPSA) is 410 Å². The standard InChI is InChI=1S/C33H60FNO10.C31H56N2O7.C30H54N2O7/c1-12-24-33(10,40)28(36)20(4)26(35-42-15-13-14-34)18(2)16-31(8,39)22(6)19(3)27(21(5)30(38)44-24)45-25-17-32(9,41-11)29(37)23(7)43-25;1-12-23-31(10,37)27(35)19(3)24(33-40-22-14-13-15-32-17-22)18(2)16-30(9,38-11)26(29(6,7)8)20(4)25(34)21(5)28(36)39-23;1-12-22-30(10,36)26(34)18(3)23(32-39-21-13-14-31-16-21)17(2)15-29(9,37-11)25(28(6,7)8)19(4)24(33)20(5)27(35)38-22/h18-25,27-29,36-37,39-40H,12-17H2,1-11H3;18-23,26-27,32,35,37H,12-17H2,1-11H3;17-22,25-26,31,34,36H,12-16H2,1-11H3/t18-,19-,20+,21-,22-,23+,24-,25+,27+,28-,29+,31-,32-,33-;18-,19+,20+,21-,22?,23-,26+,27-,30-,31-;17-,18+,19+,20-,21?,22-,25+,26-,29-,30-/m111/s1. The molecule has 6 rings (SSSR count). The maximum absolute atomic E-state index is 13.8. The van der Waals surface area contributed by atoms with E-state index in [2.05, 4.69) is 67.6 Å². The lowest BCUT2D eigenvalue weighted by Gasteiger charge is -2.49. The number of ether oxygens (including phenoxy) is 8. The summed E-state index contributed by atoms with van der Waals surface area (Å²) >= 11 is 0. The van der Waals surface area contributed by atoms with Crippen LogP contribution in [0.15, 0.2) is 15.5 Å². The van der Waals surface area contributed by atoms with E-state index in [0.717, 1.165) is 32.4 Å². The molecule has 124 heavy (non-hydrogen) atoms. The second-order valence-electron chi connectivity index (χ2n) is 41.3. The molecule has 0 aliphatic carbocycles. The van der Waals surface area contributed by atoms with Crippen LogP contribution in [0.25, 0.3) is 0 Å². The molecule has 6 heterocycles. The molecule has 30 heteroatoms. The van der Waals surface area contributed by atoms with Crippen LogP contribution in [0, 0.1) is 99.6 Å². The maximum atomic E-state index is 13.8. The number of nitrogens with one attached hydrogen (secondary N) is 2. The van der Waals surface area contributed by atoms with Gasteiger partial charge in [0.05, 0.1) is 82.7 Å². The smallest absolute Gasteiger partial charge is 0.316 e. The summed E-state index contributed by atoms with van der Waals surface area (Å²) in [7, 11) is 4.81. The molecule has 6 aliphatic heterocycles. The highest BCUT2D eigenvalue weighted by Crippen LogP contribution is 2.50. The Morgan fingerprint density at radius 1 is 0.476 bits per heavy atom. The number of rotatable bonds is 16. The third-order valence-electron chi connectivity index (χ3n) is 29.0. The zero-order valence-corrected chi connectivity index (χ0v) is 81.9. The van der Waals surface area contributed by atoms with Gasteiger partial charge in [0.1, 0.15) is 83.4 Å². The summed E-state index contributed by atoms with van der Waals surface area (Å²) in [6.45, 7) is 57.5.